The van der Waals surface area contributed by atoms with Crippen molar-refractivity contribution in [1.82, 2.24) is 4.98 Å². The Bertz CT molecular complexity index is 597. The minimum atomic E-state index is -0.439. The highest BCUT2D eigenvalue weighted by Crippen LogP contribution is 2.18. The fourth-order valence-electron chi connectivity index (χ4n) is 1.57. The third kappa shape index (κ3) is 3.32. The summed E-state index contributed by atoms with van der Waals surface area (Å²) in [5.41, 5.74) is 8.23. The summed E-state index contributed by atoms with van der Waals surface area (Å²) in [6.45, 7) is 1.97. The molecule has 0 saturated heterocycles. The van der Waals surface area contributed by atoms with Crippen molar-refractivity contribution in [2.24, 2.45) is 0 Å². The Balaban J connectivity index is 2.05. The number of nitrogens with two attached hydrogens (primary N) is 1. The second-order valence-electron chi connectivity index (χ2n) is 4.08. The highest BCUT2D eigenvalue weighted by Gasteiger charge is 2.12. The molecule has 1 aromatic heterocycles. The number of pyridine rings is 1. The summed E-state index contributed by atoms with van der Waals surface area (Å²) in [5, 5.41) is 0. The molecule has 0 spiro atoms. The van der Waals surface area contributed by atoms with Crippen molar-refractivity contribution in [2.45, 2.75) is 13.5 Å². The van der Waals surface area contributed by atoms with Crippen LogP contribution in [0, 0.1) is 6.92 Å². The quantitative estimate of drug-likeness (QED) is 0.697. The molecule has 0 unspecified atom stereocenters. The lowest BCUT2D eigenvalue weighted by molar-refractivity contribution is 0.0469. The summed E-state index contributed by atoms with van der Waals surface area (Å²) >= 11 is 3.29. The Morgan fingerprint density at radius 1 is 1.37 bits per heavy atom. The molecule has 0 fully saturated rings. The maximum Gasteiger partial charge on any atom is 0.340 e. The van der Waals surface area contributed by atoms with Crippen LogP contribution in [-0.4, -0.2) is 11.0 Å². The van der Waals surface area contributed by atoms with E-state index in [0.717, 1.165) is 10.0 Å². The van der Waals surface area contributed by atoms with Crippen molar-refractivity contribution in [3.8, 4) is 0 Å². The molecule has 0 atom stereocenters. The number of para-hydroxylation sites is 1. The van der Waals surface area contributed by atoms with Gasteiger partial charge in [-0.2, -0.15) is 0 Å². The Hall–Kier alpha value is -1.88. The maximum absolute atomic E-state index is 11.9. The third-order valence-corrected chi connectivity index (χ3v) is 3.15. The number of aryl methyl sites for hydroxylation is 1. The maximum atomic E-state index is 11.9. The van der Waals surface area contributed by atoms with E-state index in [1.54, 1.807) is 24.4 Å². The largest absolute Gasteiger partial charge is 0.456 e. The molecule has 0 radical (unpaired) electrons. The molecule has 0 amide bonds. The van der Waals surface area contributed by atoms with E-state index < -0.39 is 5.97 Å². The van der Waals surface area contributed by atoms with Crippen LogP contribution in [0.2, 0.25) is 0 Å². The number of nitrogen functional groups attached to an aromatic ring is 1. The Labute approximate surface area is 119 Å². The minimum Gasteiger partial charge on any atom is -0.456 e. The zero-order chi connectivity index (χ0) is 13.8. The van der Waals surface area contributed by atoms with Gasteiger partial charge in [0.15, 0.2) is 0 Å². The van der Waals surface area contributed by atoms with E-state index in [4.69, 9.17) is 10.5 Å². The number of esters is 1. The van der Waals surface area contributed by atoms with Crippen LogP contribution in [-0.2, 0) is 11.3 Å². The molecule has 0 aliphatic heterocycles. The monoisotopic (exact) mass is 320 g/mol. The van der Waals surface area contributed by atoms with E-state index in [-0.39, 0.29) is 6.61 Å². The first-order valence-corrected chi connectivity index (χ1v) is 6.50. The number of aromatic nitrogens is 1. The highest BCUT2D eigenvalue weighted by atomic mass is 79.9. The molecule has 1 aromatic carbocycles. The third-order valence-electron chi connectivity index (χ3n) is 2.68. The lowest BCUT2D eigenvalue weighted by Crippen LogP contribution is -2.09. The van der Waals surface area contributed by atoms with E-state index in [9.17, 15) is 4.79 Å². The number of halogens is 1. The lowest BCUT2D eigenvalue weighted by atomic mass is 10.1. The predicted octanol–water partition coefficient (Wildman–Crippen LogP) is 3.09. The fraction of sp³-hybridized carbons (Fsp3) is 0.143. The van der Waals surface area contributed by atoms with Crippen LogP contribution >= 0.6 is 15.9 Å². The molecule has 2 N–H and O–H groups in total. The molecule has 1 heterocycles. The van der Waals surface area contributed by atoms with Gasteiger partial charge >= 0.3 is 5.97 Å². The molecule has 0 aliphatic carbocycles. The van der Waals surface area contributed by atoms with Crippen LogP contribution in [0.4, 0.5) is 5.69 Å². The van der Waals surface area contributed by atoms with Gasteiger partial charge in [0.05, 0.1) is 11.3 Å². The number of anilines is 1. The molecule has 0 aliphatic rings. The van der Waals surface area contributed by atoms with Crippen LogP contribution in [0.1, 0.15) is 21.6 Å². The molecular formula is C14H13BrN2O2. The molecule has 2 rings (SSSR count). The van der Waals surface area contributed by atoms with Crippen LogP contribution in [0.3, 0.4) is 0 Å². The van der Waals surface area contributed by atoms with E-state index in [1.807, 2.05) is 19.1 Å². The van der Waals surface area contributed by atoms with Gasteiger partial charge in [0.2, 0.25) is 0 Å². The lowest BCUT2D eigenvalue weighted by Gasteiger charge is -2.08. The number of benzene rings is 1. The molecule has 5 heteroatoms. The standard InChI is InChI=1S/C14H13BrN2O2/c1-9-3-2-4-12(13(9)16)14(18)19-8-11-6-5-10(15)7-17-11/h2-7H,8,16H2,1H3. The number of hydrogen-bond acceptors (Lipinski definition) is 4. The van der Waals surface area contributed by atoms with Crippen molar-refractivity contribution >= 4 is 27.6 Å². The van der Waals surface area contributed by atoms with Crippen molar-refractivity contribution in [3.63, 3.8) is 0 Å². The summed E-state index contributed by atoms with van der Waals surface area (Å²) in [5.74, 6) is -0.439. The van der Waals surface area contributed by atoms with Crippen molar-refractivity contribution in [2.75, 3.05) is 5.73 Å². The average Bonchev–Trinajstić information content (AvgIpc) is 2.41. The van der Waals surface area contributed by atoms with Gasteiger partial charge in [-0.25, -0.2) is 4.79 Å². The Morgan fingerprint density at radius 2 is 2.16 bits per heavy atom. The van der Waals surface area contributed by atoms with Gasteiger partial charge in [-0.1, -0.05) is 12.1 Å². The Kier molecular flexibility index (Phi) is 4.16. The SMILES string of the molecule is Cc1cccc(C(=O)OCc2ccc(Br)cn2)c1N. The number of hydrogen-bond donors (Lipinski definition) is 1. The van der Waals surface area contributed by atoms with E-state index >= 15 is 0 Å². The molecule has 2 aromatic rings. The van der Waals surface area contributed by atoms with Gasteiger partial charge in [0.1, 0.15) is 6.61 Å². The number of nitrogens with zero attached hydrogens (tertiary/aromatic N) is 1. The smallest absolute Gasteiger partial charge is 0.340 e. The van der Waals surface area contributed by atoms with Crippen LogP contribution < -0.4 is 5.73 Å². The molecule has 98 valence electrons. The predicted molar refractivity (Wildman–Crippen MR) is 76.6 cm³/mol. The normalized spacial score (nSPS) is 10.2. The topological polar surface area (TPSA) is 65.2 Å². The zero-order valence-corrected chi connectivity index (χ0v) is 12.0. The first-order valence-electron chi connectivity index (χ1n) is 5.70. The summed E-state index contributed by atoms with van der Waals surface area (Å²) < 4.78 is 6.07. The summed E-state index contributed by atoms with van der Waals surface area (Å²) in [6.07, 6.45) is 1.66. The first kappa shape index (κ1) is 13.5. The molecular weight excluding hydrogens is 308 g/mol. The number of rotatable bonds is 3. The first-order chi connectivity index (χ1) is 9.08. The van der Waals surface area contributed by atoms with Crippen molar-refractivity contribution in [3.05, 3.63) is 57.8 Å². The summed E-state index contributed by atoms with van der Waals surface area (Å²) in [7, 11) is 0. The molecule has 0 saturated carbocycles. The number of ether oxygens (including phenoxy) is 1. The van der Waals surface area contributed by atoms with Crippen LogP contribution in [0.15, 0.2) is 41.0 Å². The highest BCUT2D eigenvalue weighted by molar-refractivity contribution is 9.10. The molecule has 19 heavy (non-hydrogen) atoms. The number of carbonyl (C=O) groups excluding carboxylic acids is 1. The second-order valence-corrected chi connectivity index (χ2v) is 5.00. The molecule has 4 nitrogen and oxygen atoms in total. The van der Waals surface area contributed by atoms with Gasteiger partial charge in [0, 0.05) is 16.4 Å². The van der Waals surface area contributed by atoms with Crippen molar-refractivity contribution < 1.29 is 9.53 Å². The average molecular weight is 321 g/mol. The molecule has 0 bridgehead atoms. The van der Waals surface area contributed by atoms with Gasteiger partial charge in [-0.05, 0) is 46.6 Å². The minimum absolute atomic E-state index is 0.124. The van der Waals surface area contributed by atoms with Crippen LogP contribution in [0.25, 0.3) is 0 Å². The number of carbonyl (C=O) groups is 1. The van der Waals surface area contributed by atoms with E-state index in [2.05, 4.69) is 20.9 Å². The van der Waals surface area contributed by atoms with Gasteiger partial charge in [-0.15, -0.1) is 0 Å². The zero-order valence-electron chi connectivity index (χ0n) is 10.4. The van der Waals surface area contributed by atoms with Gasteiger partial charge in [-0.3, -0.25) is 4.98 Å². The van der Waals surface area contributed by atoms with Gasteiger partial charge in [0.25, 0.3) is 0 Å². The van der Waals surface area contributed by atoms with Crippen molar-refractivity contribution in [1.29, 1.82) is 0 Å². The fourth-order valence-corrected chi connectivity index (χ4v) is 1.80. The summed E-state index contributed by atoms with van der Waals surface area (Å²) in [6, 6.07) is 8.91. The van der Waals surface area contributed by atoms with E-state index in [0.29, 0.717) is 16.9 Å². The van der Waals surface area contributed by atoms with Gasteiger partial charge < -0.3 is 10.5 Å². The Morgan fingerprint density at radius 3 is 2.84 bits per heavy atom. The van der Waals surface area contributed by atoms with Crippen LogP contribution in [0.5, 0.6) is 0 Å². The summed E-state index contributed by atoms with van der Waals surface area (Å²) in [4.78, 5) is 16.0. The van der Waals surface area contributed by atoms with E-state index in [1.165, 1.54) is 0 Å². The second kappa shape index (κ2) is 5.84.